The molecule has 0 saturated carbocycles. The fourth-order valence-corrected chi connectivity index (χ4v) is 3.63. The lowest BCUT2D eigenvalue weighted by molar-refractivity contribution is -0.148. The average molecular weight is 344 g/mol. The number of aromatic hydroxyl groups is 2. The highest BCUT2D eigenvalue weighted by Crippen LogP contribution is 2.52. The van der Waals surface area contributed by atoms with Crippen LogP contribution < -0.4 is 15.6 Å². The van der Waals surface area contributed by atoms with E-state index in [9.17, 15) is 24.9 Å². The molecule has 2 heterocycles. The van der Waals surface area contributed by atoms with Crippen LogP contribution >= 0.6 is 0 Å². The first-order valence-corrected chi connectivity index (χ1v) is 7.72. The van der Waals surface area contributed by atoms with Crippen LogP contribution in [-0.4, -0.2) is 21.1 Å². The molecular formula is C18H16O7. The van der Waals surface area contributed by atoms with Gasteiger partial charge in [0.2, 0.25) is 11.2 Å². The lowest BCUT2D eigenvalue weighted by Crippen LogP contribution is -2.46. The Kier molecular flexibility index (Phi) is 2.66. The normalized spacial score (nSPS) is 21.6. The summed E-state index contributed by atoms with van der Waals surface area (Å²) in [7, 11) is 0. The van der Waals surface area contributed by atoms with E-state index in [1.807, 2.05) is 0 Å². The molecule has 0 fully saturated rings. The van der Waals surface area contributed by atoms with E-state index >= 15 is 0 Å². The largest absolute Gasteiger partial charge is 0.480 e. The van der Waals surface area contributed by atoms with Gasteiger partial charge >= 0.3 is 0 Å². The average Bonchev–Trinajstić information content (AvgIpc) is 2.63. The molecule has 0 radical (unpaired) electrons. The van der Waals surface area contributed by atoms with E-state index in [-0.39, 0.29) is 27.5 Å². The van der Waals surface area contributed by atoms with E-state index in [1.165, 1.54) is 13.0 Å². The van der Waals surface area contributed by atoms with Crippen LogP contribution in [0.25, 0.3) is 21.5 Å². The molecule has 3 N–H and O–H groups in total. The van der Waals surface area contributed by atoms with Crippen LogP contribution in [0.2, 0.25) is 0 Å². The van der Waals surface area contributed by atoms with Gasteiger partial charge in [-0.2, -0.15) is 0 Å². The molecule has 0 aliphatic carbocycles. The highest BCUT2D eigenvalue weighted by molar-refractivity contribution is 6.16. The molecule has 3 aromatic rings. The lowest BCUT2D eigenvalue weighted by Gasteiger charge is -2.30. The summed E-state index contributed by atoms with van der Waals surface area (Å²) in [5, 5.41) is 30.8. The van der Waals surface area contributed by atoms with Crippen molar-refractivity contribution in [3.63, 3.8) is 0 Å². The third-order valence-electron chi connectivity index (χ3n) is 5.35. The molecule has 0 bridgehead atoms. The number of aliphatic hydroxyl groups is 1. The predicted molar refractivity (Wildman–Crippen MR) is 89.8 cm³/mol. The highest BCUT2D eigenvalue weighted by atomic mass is 16.6. The quantitative estimate of drug-likeness (QED) is 0.569. The van der Waals surface area contributed by atoms with Crippen molar-refractivity contribution in [3.8, 4) is 17.6 Å². The molecule has 25 heavy (non-hydrogen) atoms. The highest BCUT2D eigenvalue weighted by Gasteiger charge is 2.53. The standard InChI is InChI=1S/C18H16O7/c1-6-5-7(19)9-10-8(6)14-12(17(2,3)18(4,23)25-14)13(20)11(10)16(22)24-15(9)21/h5,21-23H,1-4H3/t18-/m0/s1. The Bertz CT molecular complexity index is 1180. The molecule has 2 aromatic carbocycles. The maximum atomic E-state index is 13.1. The monoisotopic (exact) mass is 344 g/mol. The maximum Gasteiger partial charge on any atom is 0.296 e. The summed E-state index contributed by atoms with van der Waals surface area (Å²) < 4.78 is 10.5. The Morgan fingerprint density at radius 3 is 2.20 bits per heavy atom. The Balaban J connectivity index is 2.44. The van der Waals surface area contributed by atoms with Crippen molar-refractivity contribution in [1.29, 1.82) is 0 Å². The second-order valence-corrected chi connectivity index (χ2v) is 7.15. The summed E-state index contributed by atoms with van der Waals surface area (Å²) >= 11 is 0. The van der Waals surface area contributed by atoms with Crippen molar-refractivity contribution in [3.05, 3.63) is 37.6 Å². The van der Waals surface area contributed by atoms with Crippen molar-refractivity contribution in [2.24, 2.45) is 0 Å². The molecule has 0 saturated heterocycles. The third-order valence-corrected chi connectivity index (χ3v) is 5.35. The van der Waals surface area contributed by atoms with Crippen LogP contribution in [0, 0.1) is 6.92 Å². The lowest BCUT2D eigenvalue weighted by atomic mass is 9.77. The zero-order valence-corrected chi connectivity index (χ0v) is 14.1. The Labute approximate surface area is 141 Å². The molecule has 0 amide bonds. The first-order chi connectivity index (χ1) is 11.5. The van der Waals surface area contributed by atoms with E-state index in [1.54, 1.807) is 20.8 Å². The molecule has 1 aromatic heterocycles. The van der Waals surface area contributed by atoms with Crippen LogP contribution in [0.1, 0.15) is 31.9 Å². The first-order valence-electron chi connectivity index (χ1n) is 7.72. The van der Waals surface area contributed by atoms with Gasteiger partial charge in [-0.05, 0) is 32.4 Å². The van der Waals surface area contributed by atoms with Crippen molar-refractivity contribution in [1.82, 2.24) is 0 Å². The Morgan fingerprint density at radius 1 is 0.960 bits per heavy atom. The van der Waals surface area contributed by atoms with Gasteiger partial charge in [-0.25, -0.2) is 0 Å². The van der Waals surface area contributed by atoms with Gasteiger partial charge in [0, 0.05) is 17.7 Å². The molecule has 130 valence electrons. The number of aryl methyl sites for hydroxylation is 1. The summed E-state index contributed by atoms with van der Waals surface area (Å²) in [6.07, 6.45) is 0. The Hall–Kier alpha value is -2.80. The predicted octanol–water partition coefficient (Wildman–Crippen LogP) is 1.84. The molecule has 4 rings (SSSR count). The first kappa shape index (κ1) is 15.7. The molecule has 1 atom stereocenters. The molecule has 0 spiro atoms. The molecule has 1 aliphatic heterocycles. The fourth-order valence-electron chi connectivity index (χ4n) is 3.63. The van der Waals surface area contributed by atoms with Gasteiger partial charge in [0.1, 0.15) is 16.5 Å². The maximum absolute atomic E-state index is 13.1. The summed E-state index contributed by atoms with van der Waals surface area (Å²) in [5.74, 6) is -3.07. The topological polar surface area (TPSA) is 117 Å². The number of fused-ring (bicyclic) bond motifs is 2. The van der Waals surface area contributed by atoms with Crippen LogP contribution in [0.5, 0.6) is 17.6 Å². The van der Waals surface area contributed by atoms with Gasteiger partial charge in [-0.15, -0.1) is 0 Å². The zero-order valence-electron chi connectivity index (χ0n) is 14.1. The van der Waals surface area contributed by atoms with Crippen molar-refractivity contribution >= 4 is 21.5 Å². The van der Waals surface area contributed by atoms with E-state index in [2.05, 4.69) is 0 Å². The van der Waals surface area contributed by atoms with Crippen LogP contribution in [-0.2, 0) is 5.41 Å². The summed E-state index contributed by atoms with van der Waals surface area (Å²) in [6.45, 7) is 6.41. The van der Waals surface area contributed by atoms with E-state index in [4.69, 9.17) is 9.15 Å². The van der Waals surface area contributed by atoms with Gasteiger partial charge in [-0.1, -0.05) is 0 Å². The van der Waals surface area contributed by atoms with E-state index in [0.29, 0.717) is 10.9 Å². The minimum atomic E-state index is -1.67. The summed E-state index contributed by atoms with van der Waals surface area (Å²) in [6, 6.07) is 1.29. The van der Waals surface area contributed by atoms with Crippen molar-refractivity contribution in [2.45, 2.75) is 38.9 Å². The van der Waals surface area contributed by atoms with Crippen LogP contribution in [0.3, 0.4) is 0 Å². The van der Waals surface area contributed by atoms with Crippen LogP contribution in [0.4, 0.5) is 0 Å². The molecule has 7 heteroatoms. The number of benzene rings is 2. The van der Waals surface area contributed by atoms with Crippen LogP contribution in [0.15, 0.2) is 20.1 Å². The second-order valence-electron chi connectivity index (χ2n) is 7.15. The number of rotatable bonds is 0. The smallest absolute Gasteiger partial charge is 0.296 e. The fraction of sp³-hybridized carbons (Fsp3) is 0.333. The summed E-state index contributed by atoms with van der Waals surface area (Å²) in [4.78, 5) is 25.4. The van der Waals surface area contributed by atoms with Crippen molar-refractivity contribution in [2.75, 3.05) is 0 Å². The third kappa shape index (κ3) is 1.63. The van der Waals surface area contributed by atoms with Gasteiger partial charge in [0.05, 0.1) is 11.0 Å². The molecular weight excluding hydrogens is 328 g/mol. The zero-order chi connectivity index (χ0) is 18.5. The minimum absolute atomic E-state index is 0.0727. The SMILES string of the molecule is Cc1cc(=O)c2c(O)oc(O)c3c(=O)c4c(c1c23)O[C@](C)(O)C4(C)C. The van der Waals surface area contributed by atoms with Gasteiger partial charge < -0.3 is 24.5 Å². The Morgan fingerprint density at radius 2 is 1.56 bits per heavy atom. The number of hydrogen-bond donors (Lipinski definition) is 3. The molecule has 0 unspecified atom stereocenters. The molecule has 7 nitrogen and oxygen atoms in total. The van der Waals surface area contributed by atoms with Gasteiger partial charge in [0.15, 0.2) is 5.43 Å². The minimum Gasteiger partial charge on any atom is -0.480 e. The van der Waals surface area contributed by atoms with Crippen molar-refractivity contribution < 1.29 is 24.5 Å². The van der Waals surface area contributed by atoms with Gasteiger partial charge in [-0.3, -0.25) is 9.59 Å². The summed E-state index contributed by atoms with van der Waals surface area (Å²) in [5.41, 5.74) is -1.54. The van der Waals surface area contributed by atoms with Gasteiger partial charge in [0.25, 0.3) is 11.9 Å². The number of ether oxygens (including phenoxy) is 1. The van der Waals surface area contributed by atoms with E-state index in [0.717, 1.165) is 0 Å². The molecule has 1 aliphatic rings. The second kappa shape index (κ2) is 4.23. The van der Waals surface area contributed by atoms with E-state index < -0.39 is 34.0 Å². The number of hydrogen-bond acceptors (Lipinski definition) is 7.